The van der Waals surface area contributed by atoms with Crippen LogP contribution in [-0.4, -0.2) is 28.8 Å². The van der Waals surface area contributed by atoms with Crippen LogP contribution in [0.2, 0.25) is 0 Å². The fourth-order valence-corrected chi connectivity index (χ4v) is 4.24. The van der Waals surface area contributed by atoms with E-state index in [9.17, 15) is 4.79 Å². The van der Waals surface area contributed by atoms with Crippen molar-refractivity contribution in [1.29, 1.82) is 0 Å². The SMILES string of the molecule is O=C(CCC1CCCO1)Nc1nnc(CC2CCCCC2)s1. The van der Waals surface area contributed by atoms with Crippen LogP contribution in [0.5, 0.6) is 0 Å². The number of nitrogens with one attached hydrogen (secondary N) is 1. The van der Waals surface area contributed by atoms with Gasteiger partial charge in [-0.25, -0.2) is 0 Å². The van der Waals surface area contributed by atoms with Crippen LogP contribution in [0.1, 0.15) is 62.8 Å². The van der Waals surface area contributed by atoms with E-state index in [2.05, 4.69) is 15.5 Å². The summed E-state index contributed by atoms with van der Waals surface area (Å²) in [5, 5.41) is 12.9. The summed E-state index contributed by atoms with van der Waals surface area (Å²) in [6, 6.07) is 0. The predicted molar refractivity (Wildman–Crippen MR) is 87.0 cm³/mol. The van der Waals surface area contributed by atoms with E-state index in [1.807, 2.05) is 0 Å². The molecule has 2 aliphatic rings. The molecule has 0 aromatic carbocycles. The van der Waals surface area contributed by atoms with Gasteiger partial charge in [-0.3, -0.25) is 4.79 Å². The molecule has 0 bridgehead atoms. The Morgan fingerprint density at radius 3 is 2.82 bits per heavy atom. The lowest BCUT2D eigenvalue weighted by Gasteiger charge is -2.19. The number of aromatic nitrogens is 2. The third-order valence-electron chi connectivity index (χ3n) is 4.62. The van der Waals surface area contributed by atoms with Crippen LogP contribution in [0.25, 0.3) is 0 Å². The molecule has 0 radical (unpaired) electrons. The normalized spacial score (nSPS) is 22.8. The van der Waals surface area contributed by atoms with E-state index >= 15 is 0 Å². The fraction of sp³-hybridized carbons (Fsp3) is 0.812. The molecule has 1 aliphatic carbocycles. The molecule has 1 amide bonds. The molecule has 6 heteroatoms. The third kappa shape index (κ3) is 4.74. The quantitative estimate of drug-likeness (QED) is 0.869. The molecule has 1 N–H and O–H groups in total. The van der Waals surface area contributed by atoms with Gasteiger partial charge in [0.15, 0.2) is 0 Å². The minimum Gasteiger partial charge on any atom is -0.378 e. The summed E-state index contributed by atoms with van der Waals surface area (Å²) in [4.78, 5) is 11.9. The van der Waals surface area contributed by atoms with E-state index in [4.69, 9.17) is 4.74 Å². The van der Waals surface area contributed by atoms with Crippen molar-refractivity contribution in [2.45, 2.75) is 70.3 Å². The molecule has 1 aromatic heterocycles. The van der Waals surface area contributed by atoms with Crippen LogP contribution in [0, 0.1) is 5.92 Å². The Hall–Kier alpha value is -1.01. The average molecular weight is 323 g/mol. The van der Waals surface area contributed by atoms with Crippen molar-refractivity contribution in [1.82, 2.24) is 10.2 Å². The highest BCUT2D eigenvalue weighted by molar-refractivity contribution is 7.15. The number of nitrogens with zero attached hydrogens (tertiary/aromatic N) is 2. The number of hydrogen-bond acceptors (Lipinski definition) is 5. The Morgan fingerprint density at radius 1 is 1.18 bits per heavy atom. The van der Waals surface area contributed by atoms with Gasteiger partial charge in [-0.05, 0) is 25.2 Å². The lowest BCUT2D eigenvalue weighted by molar-refractivity contribution is -0.116. The van der Waals surface area contributed by atoms with Gasteiger partial charge in [-0.1, -0.05) is 43.4 Å². The molecule has 1 atom stereocenters. The van der Waals surface area contributed by atoms with Gasteiger partial charge in [0.1, 0.15) is 5.01 Å². The third-order valence-corrected chi connectivity index (χ3v) is 5.48. The predicted octanol–water partition coefficient (Wildman–Crippen LogP) is 3.56. The molecular weight excluding hydrogens is 298 g/mol. The lowest BCUT2D eigenvalue weighted by Crippen LogP contribution is -2.15. The molecule has 22 heavy (non-hydrogen) atoms. The van der Waals surface area contributed by atoms with Gasteiger partial charge < -0.3 is 10.1 Å². The van der Waals surface area contributed by atoms with Crippen LogP contribution >= 0.6 is 11.3 Å². The molecule has 1 saturated heterocycles. The number of rotatable bonds is 6. The Labute approximate surface area is 135 Å². The number of amides is 1. The number of ether oxygens (including phenoxy) is 1. The smallest absolute Gasteiger partial charge is 0.226 e. The zero-order valence-corrected chi connectivity index (χ0v) is 13.9. The Balaban J connectivity index is 1.41. The zero-order valence-electron chi connectivity index (χ0n) is 13.1. The molecule has 1 saturated carbocycles. The average Bonchev–Trinajstić information content (AvgIpc) is 3.18. The lowest BCUT2D eigenvalue weighted by atomic mass is 9.87. The molecule has 122 valence electrons. The van der Waals surface area contributed by atoms with Crippen molar-refractivity contribution < 1.29 is 9.53 Å². The molecule has 1 aromatic rings. The molecule has 3 rings (SSSR count). The largest absolute Gasteiger partial charge is 0.378 e. The van der Waals surface area contributed by atoms with Gasteiger partial charge in [-0.2, -0.15) is 0 Å². The van der Waals surface area contributed by atoms with E-state index in [1.165, 1.54) is 43.4 Å². The summed E-state index contributed by atoms with van der Waals surface area (Å²) < 4.78 is 5.54. The molecule has 5 nitrogen and oxygen atoms in total. The van der Waals surface area contributed by atoms with E-state index in [0.717, 1.165) is 43.2 Å². The second kappa shape index (κ2) is 8.02. The summed E-state index contributed by atoms with van der Waals surface area (Å²) >= 11 is 1.53. The van der Waals surface area contributed by atoms with Gasteiger partial charge in [0.05, 0.1) is 6.10 Å². The minimum absolute atomic E-state index is 0.0240. The van der Waals surface area contributed by atoms with Crippen molar-refractivity contribution in [3.63, 3.8) is 0 Å². The standard InChI is InChI=1S/C16H25N3O2S/c20-14(9-8-13-7-4-10-21-13)17-16-19-18-15(22-16)11-12-5-2-1-3-6-12/h12-13H,1-11H2,(H,17,19,20). The van der Waals surface area contributed by atoms with Gasteiger partial charge >= 0.3 is 0 Å². The molecule has 1 unspecified atom stereocenters. The van der Waals surface area contributed by atoms with Gasteiger partial charge in [-0.15, -0.1) is 10.2 Å². The van der Waals surface area contributed by atoms with Crippen molar-refractivity contribution in [2.75, 3.05) is 11.9 Å². The number of anilines is 1. The van der Waals surface area contributed by atoms with Gasteiger partial charge in [0.2, 0.25) is 11.0 Å². The first-order valence-corrected chi connectivity index (χ1v) is 9.35. The Bertz CT molecular complexity index is 479. The minimum atomic E-state index is 0.0240. The highest BCUT2D eigenvalue weighted by Gasteiger charge is 2.19. The first-order valence-electron chi connectivity index (χ1n) is 8.53. The number of hydrogen-bond donors (Lipinski definition) is 1. The number of carbonyl (C=O) groups is 1. The van der Waals surface area contributed by atoms with Crippen molar-refractivity contribution in [3.05, 3.63) is 5.01 Å². The van der Waals surface area contributed by atoms with Crippen LogP contribution in [-0.2, 0) is 16.0 Å². The maximum atomic E-state index is 11.9. The first-order chi connectivity index (χ1) is 10.8. The van der Waals surface area contributed by atoms with E-state index < -0.39 is 0 Å². The Morgan fingerprint density at radius 2 is 2.05 bits per heavy atom. The summed E-state index contributed by atoms with van der Waals surface area (Å²) in [6.45, 7) is 0.840. The molecule has 0 spiro atoms. The topological polar surface area (TPSA) is 64.1 Å². The van der Waals surface area contributed by atoms with Crippen LogP contribution in [0.15, 0.2) is 0 Å². The molecule has 1 aliphatic heterocycles. The van der Waals surface area contributed by atoms with Gasteiger partial charge in [0, 0.05) is 19.4 Å². The zero-order chi connectivity index (χ0) is 15.2. The second-order valence-corrected chi connectivity index (χ2v) is 7.49. The maximum absolute atomic E-state index is 11.9. The van der Waals surface area contributed by atoms with Crippen LogP contribution in [0.3, 0.4) is 0 Å². The van der Waals surface area contributed by atoms with E-state index in [0.29, 0.717) is 11.6 Å². The highest BCUT2D eigenvalue weighted by atomic mass is 32.1. The summed E-state index contributed by atoms with van der Waals surface area (Å²) in [7, 11) is 0. The second-order valence-electron chi connectivity index (χ2n) is 6.43. The summed E-state index contributed by atoms with van der Waals surface area (Å²) in [6.07, 6.45) is 11.5. The van der Waals surface area contributed by atoms with E-state index in [-0.39, 0.29) is 12.0 Å². The van der Waals surface area contributed by atoms with Crippen LogP contribution in [0.4, 0.5) is 5.13 Å². The van der Waals surface area contributed by atoms with Crippen LogP contribution < -0.4 is 5.32 Å². The molecule has 2 heterocycles. The van der Waals surface area contributed by atoms with E-state index in [1.54, 1.807) is 0 Å². The highest BCUT2D eigenvalue weighted by Crippen LogP contribution is 2.28. The first kappa shape index (κ1) is 15.9. The van der Waals surface area contributed by atoms with Gasteiger partial charge in [0.25, 0.3) is 0 Å². The molecule has 2 fully saturated rings. The van der Waals surface area contributed by atoms with Crippen molar-refractivity contribution in [2.24, 2.45) is 5.92 Å². The monoisotopic (exact) mass is 323 g/mol. The fourth-order valence-electron chi connectivity index (χ4n) is 3.37. The van der Waals surface area contributed by atoms with Crippen molar-refractivity contribution in [3.8, 4) is 0 Å². The van der Waals surface area contributed by atoms with Crippen molar-refractivity contribution >= 4 is 22.4 Å². The Kier molecular flexibility index (Phi) is 5.78. The summed E-state index contributed by atoms with van der Waals surface area (Å²) in [5.74, 6) is 0.778. The molecular formula is C16H25N3O2S. The maximum Gasteiger partial charge on any atom is 0.226 e. The number of carbonyl (C=O) groups excluding carboxylic acids is 1. The summed E-state index contributed by atoms with van der Waals surface area (Å²) in [5.41, 5.74) is 0.